The van der Waals surface area contributed by atoms with Crippen molar-refractivity contribution in [2.75, 3.05) is 19.3 Å². The van der Waals surface area contributed by atoms with Gasteiger partial charge in [0.15, 0.2) is 11.5 Å². The van der Waals surface area contributed by atoms with Crippen LogP contribution < -0.4 is 5.32 Å². The number of nitrogens with one attached hydrogen (secondary N) is 1. The first-order valence-corrected chi connectivity index (χ1v) is 15.5. The van der Waals surface area contributed by atoms with Crippen LogP contribution in [0, 0.1) is 5.92 Å². The molecular weight excluding hydrogens is 548 g/mol. The second-order valence-corrected chi connectivity index (χ2v) is 12.7. The highest BCUT2D eigenvalue weighted by atomic mass is 32.2. The van der Waals surface area contributed by atoms with Gasteiger partial charge in [-0.1, -0.05) is 50.2 Å². The van der Waals surface area contributed by atoms with E-state index in [0.717, 1.165) is 10.5 Å². The molecule has 0 saturated carbocycles. The van der Waals surface area contributed by atoms with Crippen LogP contribution in [0.4, 0.5) is 0 Å². The Kier molecular flexibility index (Phi) is 11.2. The first-order chi connectivity index (χ1) is 19.0. The molecule has 1 amide bonds. The third kappa shape index (κ3) is 8.85. The van der Waals surface area contributed by atoms with Crippen LogP contribution in [-0.4, -0.2) is 65.4 Å². The molecule has 4 N–H and O–H groups in total. The Labute approximate surface area is 240 Å². The second kappa shape index (κ2) is 14.4. The Bertz CT molecular complexity index is 1390. The minimum atomic E-state index is -3.91. The predicted molar refractivity (Wildman–Crippen MR) is 159 cm³/mol. The summed E-state index contributed by atoms with van der Waals surface area (Å²) in [6, 6.07) is 19.3. The molecule has 0 fully saturated rings. The molecule has 3 aromatic rings. The van der Waals surface area contributed by atoms with E-state index in [1.165, 1.54) is 46.4 Å². The Hall–Kier alpha value is -3.31. The van der Waals surface area contributed by atoms with Crippen molar-refractivity contribution >= 4 is 33.8 Å². The van der Waals surface area contributed by atoms with Crippen molar-refractivity contribution in [1.29, 1.82) is 0 Å². The second-order valence-electron chi connectivity index (χ2n) is 9.85. The number of nitrogens with zero attached hydrogens (tertiary/aromatic N) is 1. The van der Waals surface area contributed by atoms with E-state index in [2.05, 4.69) is 5.32 Å². The maximum absolute atomic E-state index is 13.6. The quantitative estimate of drug-likeness (QED) is 0.134. The number of carbonyl (C=O) groups excluding carboxylic acids is 1. The van der Waals surface area contributed by atoms with Crippen LogP contribution in [-0.2, 0) is 21.2 Å². The molecule has 40 heavy (non-hydrogen) atoms. The van der Waals surface area contributed by atoms with Gasteiger partial charge in [0.1, 0.15) is 0 Å². The van der Waals surface area contributed by atoms with Gasteiger partial charge < -0.3 is 20.6 Å². The third-order valence-electron chi connectivity index (χ3n) is 6.17. The van der Waals surface area contributed by atoms with E-state index < -0.39 is 28.1 Å². The molecule has 0 aliphatic heterocycles. The van der Waals surface area contributed by atoms with E-state index >= 15 is 0 Å². The van der Waals surface area contributed by atoms with Crippen LogP contribution in [0.3, 0.4) is 0 Å². The monoisotopic (exact) mass is 584 g/mol. The third-order valence-corrected chi connectivity index (χ3v) is 8.76. The fourth-order valence-corrected chi connectivity index (χ4v) is 6.14. The molecule has 0 bridgehead atoms. The lowest BCUT2D eigenvalue weighted by atomic mass is 10.0. The molecule has 0 aliphatic rings. The zero-order valence-electron chi connectivity index (χ0n) is 22.8. The van der Waals surface area contributed by atoms with E-state index in [1.54, 1.807) is 24.3 Å². The highest BCUT2D eigenvalue weighted by Crippen LogP contribution is 2.25. The van der Waals surface area contributed by atoms with Gasteiger partial charge in [0, 0.05) is 24.1 Å². The molecule has 10 heteroatoms. The number of amides is 1. The van der Waals surface area contributed by atoms with Crippen molar-refractivity contribution in [3.63, 3.8) is 0 Å². The Balaban J connectivity index is 1.84. The van der Waals surface area contributed by atoms with Gasteiger partial charge >= 0.3 is 0 Å². The number of phenols is 2. The molecule has 0 radical (unpaired) electrons. The molecule has 0 aliphatic carbocycles. The number of aliphatic hydroxyl groups excluding tert-OH is 1. The molecule has 214 valence electrons. The lowest BCUT2D eigenvalue weighted by molar-refractivity contribution is -0.118. The smallest absolute Gasteiger partial charge is 0.244 e. The molecule has 3 rings (SSSR count). The molecule has 0 saturated heterocycles. The maximum Gasteiger partial charge on any atom is 0.244 e. The topological polar surface area (TPSA) is 127 Å². The van der Waals surface area contributed by atoms with Crippen LogP contribution in [0.25, 0.3) is 6.08 Å². The average Bonchev–Trinajstić information content (AvgIpc) is 2.93. The zero-order chi connectivity index (χ0) is 29.3. The van der Waals surface area contributed by atoms with E-state index in [-0.39, 0.29) is 41.8 Å². The standard InChI is InChI=1S/C30H36N2O6S2/c1-21(2)19-32(40(37,38)25-13-11-24(39-3)12-14-25)20-29(35)26(17-22-7-5-4-6-8-22)31-30(36)16-10-23-9-15-27(33)28(34)18-23/h4-16,18,21,26,29,33-35H,17,19-20H2,1-3H3,(H,31,36)/b16-10+/t26-,29+/m0/s1. The number of sulfonamides is 1. The van der Waals surface area contributed by atoms with Crippen molar-refractivity contribution < 1.29 is 28.5 Å². The van der Waals surface area contributed by atoms with Gasteiger partial charge in [0.2, 0.25) is 15.9 Å². The fraction of sp³-hybridized carbons (Fsp3) is 0.300. The van der Waals surface area contributed by atoms with Crippen molar-refractivity contribution in [3.8, 4) is 11.5 Å². The van der Waals surface area contributed by atoms with Gasteiger partial charge in [-0.05, 0) is 72.2 Å². The predicted octanol–water partition coefficient (Wildman–Crippen LogP) is 4.27. The van der Waals surface area contributed by atoms with Gasteiger partial charge in [-0.15, -0.1) is 11.8 Å². The minimum absolute atomic E-state index is 0.000677. The summed E-state index contributed by atoms with van der Waals surface area (Å²) in [4.78, 5) is 13.9. The van der Waals surface area contributed by atoms with E-state index in [1.807, 2.05) is 50.4 Å². The summed E-state index contributed by atoms with van der Waals surface area (Å²) in [6.45, 7) is 3.79. The number of phenolic OH excluding ortho intramolecular Hbond substituents is 2. The summed E-state index contributed by atoms with van der Waals surface area (Å²) in [6.07, 6.45) is 3.70. The first-order valence-electron chi connectivity index (χ1n) is 12.9. The summed E-state index contributed by atoms with van der Waals surface area (Å²) in [5.41, 5.74) is 1.36. The minimum Gasteiger partial charge on any atom is -0.504 e. The van der Waals surface area contributed by atoms with Gasteiger partial charge in [-0.3, -0.25) is 4.79 Å². The molecule has 0 spiro atoms. The number of rotatable bonds is 13. The summed E-state index contributed by atoms with van der Waals surface area (Å²) >= 11 is 1.51. The average molecular weight is 585 g/mol. The SMILES string of the molecule is CSc1ccc(S(=O)(=O)N(CC(C)C)C[C@@H](O)[C@H](Cc2ccccc2)NC(=O)/C=C/c2ccc(O)c(O)c2)cc1. The van der Waals surface area contributed by atoms with Gasteiger partial charge in [0.05, 0.1) is 17.0 Å². The van der Waals surface area contributed by atoms with E-state index in [9.17, 15) is 28.5 Å². The van der Waals surface area contributed by atoms with Gasteiger partial charge in [0.25, 0.3) is 0 Å². The summed E-state index contributed by atoms with van der Waals surface area (Å²) in [5.74, 6) is -1.08. The van der Waals surface area contributed by atoms with Gasteiger partial charge in [-0.2, -0.15) is 4.31 Å². The summed E-state index contributed by atoms with van der Waals surface area (Å²) in [5, 5.41) is 33.3. The van der Waals surface area contributed by atoms with Gasteiger partial charge in [-0.25, -0.2) is 8.42 Å². The summed E-state index contributed by atoms with van der Waals surface area (Å²) in [7, 11) is -3.91. The van der Waals surface area contributed by atoms with Crippen LogP contribution in [0.15, 0.2) is 88.7 Å². The zero-order valence-corrected chi connectivity index (χ0v) is 24.4. The van der Waals surface area contributed by atoms with Crippen molar-refractivity contribution in [2.24, 2.45) is 5.92 Å². The van der Waals surface area contributed by atoms with E-state index in [4.69, 9.17) is 0 Å². The lowest BCUT2D eigenvalue weighted by Crippen LogP contribution is -2.50. The maximum atomic E-state index is 13.6. The summed E-state index contributed by atoms with van der Waals surface area (Å²) < 4.78 is 28.4. The Morgan fingerprint density at radius 3 is 2.25 bits per heavy atom. The van der Waals surface area contributed by atoms with E-state index in [0.29, 0.717) is 5.56 Å². The largest absolute Gasteiger partial charge is 0.504 e. The highest BCUT2D eigenvalue weighted by molar-refractivity contribution is 7.98. The molecule has 8 nitrogen and oxygen atoms in total. The molecule has 0 aromatic heterocycles. The molecule has 0 unspecified atom stereocenters. The number of hydrogen-bond donors (Lipinski definition) is 4. The number of carbonyl (C=O) groups is 1. The van der Waals surface area contributed by atoms with Crippen LogP contribution in [0.2, 0.25) is 0 Å². The van der Waals surface area contributed by atoms with Crippen LogP contribution in [0.1, 0.15) is 25.0 Å². The number of aromatic hydroxyl groups is 2. The Morgan fingerprint density at radius 1 is 0.975 bits per heavy atom. The fourth-order valence-electron chi connectivity index (χ4n) is 4.11. The number of aliphatic hydroxyl groups is 1. The van der Waals surface area contributed by atoms with Crippen molar-refractivity contribution in [2.45, 2.75) is 42.2 Å². The molecule has 3 aromatic carbocycles. The highest BCUT2D eigenvalue weighted by Gasteiger charge is 2.31. The number of thioether (sulfide) groups is 1. The van der Waals surface area contributed by atoms with Crippen molar-refractivity contribution in [3.05, 3.63) is 90.0 Å². The molecule has 0 heterocycles. The molecule has 2 atom stereocenters. The van der Waals surface area contributed by atoms with Crippen LogP contribution >= 0.6 is 11.8 Å². The normalized spacial score (nSPS) is 13.6. The van der Waals surface area contributed by atoms with Crippen molar-refractivity contribution in [1.82, 2.24) is 9.62 Å². The Morgan fingerprint density at radius 2 is 1.65 bits per heavy atom. The lowest BCUT2D eigenvalue weighted by Gasteiger charge is -2.30. The number of hydrogen-bond acceptors (Lipinski definition) is 7. The first kappa shape index (κ1) is 31.2. The van der Waals surface area contributed by atoms with Crippen LogP contribution in [0.5, 0.6) is 11.5 Å². The number of benzene rings is 3. The molecular formula is C30H36N2O6S2.